The molecule has 1 aliphatic heterocycles. The van der Waals surface area contributed by atoms with Crippen LogP contribution in [0.1, 0.15) is 26.3 Å². The van der Waals surface area contributed by atoms with Gasteiger partial charge in [-0.25, -0.2) is 9.59 Å². The summed E-state index contributed by atoms with van der Waals surface area (Å²) in [6.45, 7) is 5.37. The number of carbonyl (C=O) groups is 3. The van der Waals surface area contributed by atoms with Crippen molar-refractivity contribution in [3.05, 3.63) is 23.8 Å². The fraction of sp³-hybridized carbons (Fsp3) is 0.471. The third-order valence-corrected chi connectivity index (χ3v) is 4.08. The Balaban J connectivity index is 2.73. The van der Waals surface area contributed by atoms with Gasteiger partial charge in [-0.15, -0.1) is 0 Å². The van der Waals surface area contributed by atoms with Gasteiger partial charge in [-0.2, -0.15) is 0 Å². The van der Waals surface area contributed by atoms with E-state index in [0.29, 0.717) is 17.6 Å². The van der Waals surface area contributed by atoms with Gasteiger partial charge in [-0.3, -0.25) is 0 Å². The van der Waals surface area contributed by atoms with E-state index in [4.69, 9.17) is 14.2 Å². The largest absolute Gasteiger partial charge is 0.497 e. The quantitative estimate of drug-likeness (QED) is 0.632. The van der Waals surface area contributed by atoms with Crippen LogP contribution in [0.15, 0.2) is 18.2 Å². The van der Waals surface area contributed by atoms with Crippen LogP contribution >= 0.6 is 0 Å². The van der Waals surface area contributed by atoms with E-state index in [9.17, 15) is 14.4 Å². The minimum atomic E-state index is -1.64. The van der Waals surface area contributed by atoms with Crippen LogP contribution in [0.3, 0.4) is 0 Å². The zero-order valence-corrected chi connectivity index (χ0v) is 14.1. The Morgan fingerprint density at radius 3 is 2.67 bits per heavy atom. The third-order valence-electron chi connectivity index (χ3n) is 4.08. The first-order valence-electron chi connectivity index (χ1n) is 7.71. The highest BCUT2D eigenvalue weighted by molar-refractivity contribution is 5.94. The molecule has 0 aromatic heterocycles. The molecule has 24 heavy (non-hydrogen) atoms. The average Bonchev–Trinajstić information content (AvgIpc) is 2.54. The van der Waals surface area contributed by atoms with Crippen LogP contribution in [-0.2, 0) is 19.9 Å². The average molecular weight is 335 g/mol. The van der Waals surface area contributed by atoms with E-state index < -0.39 is 23.5 Å². The summed E-state index contributed by atoms with van der Waals surface area (Å²) in [7, 11) is 1.48. The van der Waals surface area contributed by atoms with Crippen molar-refractivity contribution in [1.29, 1.82) is 0 Å². The summed E-state index contributed by atoms with van der Waals surface area (Å²) in [5, 5.41) is 2.53. The Hall–Kier alpha value is -2.57. The molecule has 1 N–H and O–H groups in total. The number of methoxy groups -OCH3 is 1. The van der Waals surface area contributed by atoms with E-state index in [1.807, 2.05) is 0 Å². The Morgan fingerprint density at radius 1 is 1.42 bits per heavy atom. The molecule has 1 aromatic rings. The van der Waals surface area contributed by atoms with Crippen molar-refractivity contribution in [2.75, 3.05) is 13.7 Å². The van der Waals surface area contributed by atoms with Crippen molar-refractivity contribution in [3.63, 3.8) is 0 Å². The van der Waals surface area contributed by atoms with Crippen molar-refractivity contribution in [3.8, 4) is 11.5 Å². The molecular weight excluding hydrogens is 314 g/mol. The van der Waals surface area contributed by atoms with Gasteiger partial charge in [0.15, 0.2) is 5.54 Å². The molecule has 0 saturated heterocycles. The number of benzene rings is 1. The molecule has 0 radical (unpaired) electrons. The lowest BCUT2D eigenvalue weighted by Gasteiger charge is -2.41. The van der Waals surface area contributed by atoms with Crippen LogP contribution in [0.25, 0.3) is 0 Å². The van der Waals surface area contributed by atoms with Gasteiger partial charge in [0.25, 0.3) is 0 Å². The fourth-order valence-corrected chi connectivity index (χ4v) is 2.96. The van der Waals surface area contributed by atoms with Gasteiger partial charge in [-0.05, 0) is 25.0 Å². The lowest BCUT2D eigenvalue weighted by Crippen LogP contribution is -2.62. The number of aldehydes is 1. The van der Waals surface area contributed by atoms with Gasteiger partial charge in [0, 0.05) is 11.6 Å². The Morgan fingerprint density at radius 2 is 2.12 bits per heavy atom. The molecule has 2 atom stereocenters. The van der Waals surface area contributed by atoms with Gasteiger partial charge < -0.3 is 24.3 Å². The van der Waals surface area contributed by atoms with Crippen LogP contribution < -0.4 is 14.8 Å². The number of esters is 1. The molecule has 7 nitrogen and oxygen atoms in total. The SMILES string of the molecule is CCOC(=O)[C@]1([C@H](C=O)C(C)C)NC(=O)Oc2cc(OC)ccc21. The van der Waals surface area contributed by atoms with Crippen molar-refractivity contribution in [2.24, 2.45) is 11.8 Å². The topological polar surface area (TPSA) is 90.9 Å². The maximum absolute atomic E-state index is 12.8. The monoisotopic (exact) mass is 335 g/mol. The zero-order chi connectivity index (χ0) is 17.9. The molecule has 7 heteroatoms. The van der Waals surface area contributed by atoms with Crippen LogP contribution in [0, 0.1) is 11.8 Å². The first-order valence-corrected chi connectivity index (χ1v) is 7.71. The number of ether oxygens (including phenoxy) is 3. The summed E-state index contributed by atoms with van der Waals surface area (Å²) in [5.74, 6) is -1.11. The molecule has 0 unspecified atom stereocenters. The highest BCUT2D eigenvalue weighted by atomic mass is 16.6. The van der Waals surface area contributed by atoms with E-state index in [-0.39, 0.29) is 18.3 Å². The molecule has 2 rings (SSSR count). The van der Waals surface area contributed by atoms with E-state index in [2.05, 4.69) is 5.32 Å². The zero-order valence-electron chi connectivity index (χ0n) is 14.1. The molecular formula is C17H21NO6. The number of nitrogens with one attached hydrogen (secondary N) is 1. The summed E-state index contributed by atoms with van der Waals surface area (Å²) in [6.07, 6.45) is -0.155. The third kappa shape index (κ3) is 2.81. The molecule has 0 bridgehead atoms. The maximum atomic E-state index is 12.8. The Labute approximate surface area is 140 Å². The first kappa shape index (κ1) is 17.8. The summed E-state index contributed by atoms with van der Waals surface area (Å²) in [5.41, 5.74) is -1.27. The van der Waals surface area contributed by atoms with Gasteiger partial charge in [0.05, 0.1) is 19.6 Å². The minimum absolute atomic E-state index is 0.118. The molecule has 1 amide bonds. The van der Waals surface area contributed by atoms with Crippen LogP contribution in [0.4, 0.5) is 4.79 Å². The Bertz CT molecular complexity index is 656. The van der Waals surface area contributed by atoms with Crippen molar-refractivity contribution < 1.29 is 28.6 Å². The van der Waals surface area contributed by atoms with Crippen molar-refractivity contribution >= 4 is 18.3 Å². The second-order valence-corrected chi connectivity index (χ2v) is 5.81. The fourth-order valence-electron chi connectivity index (χ4n) is 2.96. The molecule has 0 aliphatic carbocycles. The predicted octanol–water partition coefficient (Wildman–Crippen LogP) is 2.03. The molecule has 0 saturated carbocycles. The molecule has 130 valence electrons. The molecule has 1 aromatic carbocycles. The second kappa shape index (κ2) is 6.90. The van der Waals surface area contributed by atoms with Crippen LogP contribution in [0.5, 0.6) is 11.5 Å². The number of hydrogen-bond acceptors (Lipinski definition) is 6. The first-order chi connectivity index (χ1) is 11.4. The van der Waals surface area contributed by atoms with E-state index >= 15 is 0 Å². The van der Waals surface area contributed by atoms with Crippen molar-refractivity contribution in [2.45, 2.75) is 26.3 Å². The van der Waals surface area contributed by atoms with E-state index in [0.717, 1.165) is 0 Å². The molecule has 0 spiro atoms. The number of fused-ring (bicyclic) bond motifs is 1. The minimum Gasteiger partial charge on any atom is -0.497 e. The van der Waals surface area contributed by atoms with Crippen molar-refractivity contribution in [1.82, 2.24) is 5.32 Å². The lowest BCUT2D eigenvalue weighted by atomic mass is 9.72. The standard InChI is InChI=1S/C17H21NO6/c1-5-23-15(20)17(13(9-19)10(2)3)12-7-6-11(22-4)8-14(12)24-16(21)18-17/h6-10,13H,5H2,1-4H3,(H,18,21)/t13-,17+/m1/s1. The number of hydrogen-bond donors (Lipinski definition) is 1. The van der Waals surface area contributed by atoms with Gasteiger partial charge in [-0.1, -0.05) is 13.8 Å². The van der Waals surface area contributed by atoms with E-state index in [1.54, 1.807) is 32.9 Å². The van der Waals surface area contributed by atoms with Gasteiger partial charge in [0.1, 0.15) is 17.8 Å². The molecule has 0 fully saturated rings. The molecule has 1 heterocycles. The number of amides is 1. The molecule has 1 aliphatic rings. The summed E-state index contributed by atoms with van der Waals surface area (Å²) in [6, 6.07) is 4.74. The Kier molecular flexibility index (Phi) is 5.11. The number of rotatable bonds is 6. The van der Waals surface area contributed by atoms with Gasteiger partial charge >= 0.3 is 12.1 Å². The number of carbonyl (C=O) groups excluding carboxylic acids is 3. The highest BCUT2D eigenvalue weighted by Crippen LogP contribution is 2.43. The van der Waals surface area contributed by atoms with Crippen LogP contribution in [-0.4, -0.2) is 32.1 Å². The smallest absolute Gasteiger partial charge is 0.413 e. The highest BCUT2D eigenvalue weighted by Gasteiger charge is 2.55. The summed E-state index contributed by atoms with van der Waals surface area (Å²) in [4.78, 5) is 36.7. The normalized spacial score (nSPS) is 20.5. The van der Waals surface area contributed by atoms with Gasteiger partial charge in [0.2, 0.25) is 0 Å². The summed E-state index contributed by atoms with van der Waals surface area (Å²) < 4.78 is 15.5. The lowest BCUT2D eigenvalue weighted by molar-refractivity contribution is -0.157. The maximum Gasteiger partial charge on any atom is 0.413 e. The van der Waals surface area contributed by atoms with E-state index in [1.165, 1.54) is 13.2 Å². The van der Waals surface area contributed by atoms with Crippen LogP contribution in [0.2, 0.25) is 0 Å². The second-order valence-electron chi connectivity index (χ2n) is 5.81. The predicted molar refractivity (Wildman–Crippen MR) is 84.9 cm³/mol. The summed E-state index contributed by atoms with van der Waals surface area (Å²) >= 11 is 0.